The van der Waals surface area contributed by atoms with Crippen LogP contribution in [-0.4, -0.2) is 43.0 Å². The molecule has 0 unspecified atom stereocenters. The second kappa shape index (κ2) is 10.3. The summed E-state index contributed by atoms with van der Waals surface area (Å²) in [6, 6.07) is 14.2. The predicted octanol–water partition coefficient (Wildman–Crippen LogP) is 2.94. The van der Waals surface area contributed by atoms with E-state index in [0.717, 1.165) is 11.1 Å². The van der Waals surface area contributed by atoms with Gasteiger partial charge >= 0.3 is 0 Å². The van der Waals surface area contributed by atoms with Crippen molar-refractivity contribution in [3.05, 3.63) is 59.7 Å². The lowest BCUT2D eigenvalue weighted by Gasteiger charge is -2.29. The maximum Gasteiger partial charge on any atom is 0.261 e. The van der Waals surface area contributed by atoms with Gasteiger partial charge < -0.3 is 19.7 Å². The summed E-state index contributed by atoms with van der Waals surface area (Å²) in [4.78, 5) is 26.8. The Bertz CT molecular complexity index is 789. The SMILES string of the molecule is CCNC(=O)[C@@H](C)N(Cc1ccccc1C)C(=O)COc1ccc(OC)cc1. The molecule has 0 saturated heterocycles. The minimum absolute atomic E-state index is 0.151. The number of hydrogen-bond donors (Lipinski definition) is 1. The molecule has 0 aliphatic rings. The molecule has 0 aliphatic carbocycles. The normalized spacial score (nSPS) is 11.4. The van der Waals surface area contributed by atoms with E-state index in [1.165, 1.54) is 0 Å². The van der Waals surface area contributed by atoms with E-state index >= 15 is 0 Å². The van der Waals surface area contributed by atoms with Crippen LogP contribution in [0.1, 0.15) is 25.0 Å². The van der Waals surface area contributed by atoms with E-state index in [9.17, 15) is 9.59 Å². The largest absolute Gasteiger partial charge is 0.497 e. The highest BCUT2D eigenvalue weighted by atomic mass is 16.5. The van der Waals surface area contributed by atoms with Crippen LogP contribution in [0.2, 0.25) is 0 Å². The quantitative estimate of drug-likeness (QED) is 0.722. The second-order valence-electron chi connectivity index (χ2n) is 6.48. The van der Waals surface area contributed by atoms with Crippen molar-refractivity contribution >= 4 is 11.8 Å². The van der Waals surface area contributed by atoms with Crippen LogP contribution in [0.25, 0.3) is 0 Å². The summed E-state index contributed by atoms with van der Waals surface area (Å²) >= 11 is 0. The number of rotatable bonds is 9. The third-order valence-electron chi connectivity index (χ3n) is 4.54. The van der Waals surface area contributed by atoms with Gasteiger partial charge in [-0.05, 0) is 56.2 Å². The van der Waals surface area contributed by atoms with E-state index in [2.05, 4.69) is 5.32 Å². The Morgan fingerprint density at radius 1 is 1.07 bits per heavy atom. The molecule has 0 heterocycles. The Morgan fingerprint density at radius 2 is 1.71 bits per heavy atom. The molecule has 6 nitrogen and oxygen atoms in total. The molecule has 0 aliphatic heterocycles. The molecule has 0 saturated carbocycles. The van der Waals surface area contributed by atoms with E-state index in [1.54, 1.807) is 43.2 Å². The van der Waals surface area contributed by atoms with Crippen LogP contribution >= 0.6 is 0 Å². The van der Waals surface area contributed by atoms with Crippen LogP contribution in [-0.2, 0) is 16.1 Å². The number of carbonyl (C=O) groups excluding carboxylic acids is 2. The maximum atomic E-state index is 12.9. The van der Waals surface area contributed by atoms with E-state index in [0.29, 0.717) is 24.6 Å². The van der Waals surface area contributed by atoms with E-state index < -0.39 is 6.04 Å². The van der Waals surface area contributed by atoms with Gasteiger partial charge in [-0.3, -0.25) is 9.59 Å². The first-order valence-electron chi connectivity index (χ1n) is 9.34. The van der Waals surface area contributed by atoms with Crippen LogP contribution < -0.4 is 14.8 Å². The summed E-state index contributed by atoms with van der Waals surface area (Å²) < 4.78 is 10.7. The van der Waals surface area contributed by atoms with Gasteiger partial charge in [-0.15, -0.1) is 0 Å². The Hall–Kier alpha value is -3.02. The van der Waals surface area contributed by atoms with Gasteiger partial charge in [0, 0.05) is 13.1 Å². The van der Waals surface area contributed by atoms with Crippen molar-refractivity contribution in [2.24, 2.45) is 0 Å². The second-order valence-corrected chi connectivity index (χ2v) is 6.48. The molecule has 2 aromatic carbocycles. The number of methoxy groups -OCH3 is 1. The summed E-state index contributed by atoms with van der Waals surface area (Å²) in [5.41, 5.74) is 2.07. The molecule has 0 radical (unpaired) electrons. The fourth-order valence-corrected chi connectivity index (χ4v) is 2.78. The van der Waals surface area contributed by atoms with Crippen LogP contribution in [0.3, 0.4) is 0 Å². The van der Waals surface area contributed by atoms with Crippen molar-refractivity contribution in [2.75, 3.05) is 20.3 Å². The standard InChI is InChI=1S/C22H28N2O4/c1-5-23-22(26)17(3)24(14-18-9-7-6-8-16(18)2)21(25)15-28-20-12-10-19(27-4)11-13-20/h6-13,17H,5,14-15H2,1-4H3,(H,23,26)/t17-/m1/s1. The molecule has 150 valence electrons. The Morgan fingerprint density at radius 3 is 2.32 bits per heavy atom. The number of likely N-dealkylation sites (N-methyl/N-ethyl adjacent to an activating group) is 1. The van der Waals surface area contributed by atoms with Gasteiger partial charge in [0.15, 0.2) is 6.61 Å². The van der Waals surface area contributed by atoms with Gasteiger partial charge in [0.1, 0.15) is 17.5 Å². The highest BCUT2D eigenvalue weighted by Gasteiger charge is 2.26. The topological polar surface area (TPSA) is 67.9 Å². The molecule has 0 spiro atoms. The van der Waals surface area contributed by atoms with Crippen LogP contribution in [0.15, 0.2) is 48.5 Å². The van der Waals surface area contributed by atoms with E-state index in [4.69, 9.17) is 9.47 Å². The lowest BCUT2D eigenvalue weighted by atomic mass is 10.1. The molecule has 2 aromatic rings. The summed E-state index contributed by atoms with van der Waals surface area (Å²) in [6.07, 6.45) is 0. The number of carbonyl (C=O) groups is 2. The number of ether oxygens (including phenoxy) is 2. The zero-order valence-electron chi connectivity index (χ0n) is 16.9. The summed E-state index contributed by atoms with van der Waals surface area (Å²) in [7, 11) is 1.59. The van der Waals surface area contributed by atoms with Crippen LogP contribution in [0, 0.1) is 6.92 Å². The zero-order valence-corrected chi connectivity index (χ0v) is 16.9. The number of hydrogen-bond acceptors (Lipinski definition) is 4. The Kier molecular flexibility index (Phi) is 7.87. The van der Waals surface area contributed by atoms with Crippen molar-refractivity contribution in [3.63, 3.8) is 0 Å². The number of amides is 2. The Labute approximate surface area is 166 Å². The first-order valence-corrected chi connectivity index (χ1v) is 9.34. The van der Waals surface area contributed by atoms with E-state index in [1.807, 2.05) is 38.1 Å². The number of aryl methyl sites for hydroxylation is 1. The molecule has 1 N–H and O–H groups in total. The predicted molar refractivity (Wildman–Crippen MR) is 108 cm³/mol. The van der Waals surface area contributed by atoms with Crippen LogP contribution in [0.4, 0.5) is 0 Å². The van der Waals surface area contributed by atoms with Crippen LogP contribution in [0.5, 0.6) is 11.5 Å². The number of benzene rings is 2. The molecule has 2 amide bonds. The molecule has 2 rings (SSSR count). The lowest BCUT2D eigenvalue weighted by Crippen LogP contribution is -2.49. The van der Waals surface area contributed by atoms with Gasteiger partial charge in [-0.2, -0.15) is 0 Å². The van der Waals surface area contributed by atoms with Crippen molar-refractivity contribution < 1.29 is 19.1 Å². The molecule has 28 heavy (non-hydrogen) atoms. The van der Waals surface area contributed by atoms with Gasteiger partial charge in [0.25, 0.3) is 5.91 Å². The molecule has 6 heteroatoms. The number of nitrogens with zero attached hydrogens (tertiary/aromatic N) is 1. The van der Waals surface area contributed by atoms with Gasteiger partial charge in [0.05, 0.1) is 7.11 Å². The molecular weight excluding hydrogens is 356 g/mol. The molecule has 1 atom stereocenters. The lowest BCUT2D eigenvalue weighted by molar-refractivity contribution is -0.142. The summed E-state index contributed by atoms with van der Waals surface area (Å²) in [5.74, 6) is 0.840. The highest BCUT2D eigenvalue weighted by molar-refractivity contribution is 5.87. The van der Waals surface area contributed by atoms with Crippen molar-refractivity contribution in [1.82, 2.24) is 10.2 Å². The maximum absolute atomic E-state index is 12.9. The fraction of sp³-hybridized carbons (Fsp3) is 0.364. The number of nitrogens with one attached hydrogen (secondary N) is 1. The van der Waals surface area contributed by atoms with Crippen molar-refractivity contribution in [1.29, 1.82) is 0 Å². The Balaban J connectivity index is 2.12. The summed E-state index contributed by atoms with van der Waals surface area (Å²) in [5, 5.41) is 2.78. The minimum Gasteiger partial charge on any atom is -0.497 e. The smallest absolute Gasteiger partial charge is 0.261 e. The first kappa shape index (κ1) is 21.3. The third kappa shape index (κ3) is 5.74. The van der Waals surface area contributed by atoms with Crippen molar-refractivity contribution in [3.8, 4) is 11.5 Å². The minimum atomic E-state index is -0.605. The average molecular weight is 384 g/mol. The molecule has 0 fully saturated rings. The van der Waals surface area contributed by atoms with Gasteiger partial charge in [-0.25, -0.2) is 0 Å². The monoisotopic (exact) mass is 384 g/mol. The van der Waals surface area contributed by atoms with Crippen molar-refractivity contribution in [2.45, 2.75) is 33.4 Å². The van der Waals surface area contributed by atoms with Gasteiger partial charge in [-0.1, -0.05) is 24.3 Å². The molecule has 0 aromatic heterocycles. The first-order chi connectivity index (χ1) is 13.5. The van der Waals surface area contributed by atoms with E-state index in [-0.39, 0.29) is 18.4 Å². The molecule has 0 bridgehead atoms. The third-order valence-corrected chi connectivity index (χ3v) is 4.54. The average Bonchev–Trinajstić information content (AvgIpc) is 2.71. The zero-order chi connectivity index (χ0) is 20.5. The summed E-state index contributed by atoms with van der Waals surface area (Å²) in [6.45, 7) is 6.28. The van der Waals surface area contributed by atoms with Gasteiger partial charge in [0.2, 0.25) is 5.91 Å². The fourth-order valence-electron chi connectivity index (χ4n) is 2.78. The highest BCUT2D eigenvalue weighted by Crippen LogP contribution is 2.18. The molecular formula is C22H28N2O4.